The highest BCUT2D eigenvalue weighted by Crippen LogP contribution is 2.01. The summed E-state index contributed by atoms with van der Waals surface area (Å²) < 4.78 is 0. The number of aliphatic hydroxyl groups excluding tert-OH is 2. The zero-order chi connectivity index (χ0) is 7.28. The van der Waals surface area contributed by atoms with Gasteiger partial charge in [0.15, 0.2) is 0 Å². The van der Waals surface area contributed by atoms with E-state index in [1.807, 2.05) is 0 Å². The molecule has 2 N–H and O–H groups in total. The fraction of sp³-hybridized carbons (Fsp3) is 0.429. The zero-order valence-corrected chi connectivity index (χ0v) is 5.54. The van der Waals surface area contributed by atoms with Gasteiger partial charge in [0.1, 0.15) is 11.9 Å². The van der Waals surface area contributed by atoms with Gasteiger partial charge in [-0.05, 0) is 19.4 Å². The Balaban J connectivity index is 3.72. The minimum absolute atomic E-state index is 0.00917. The molecule has 0 saturated heterocycles. The maximum Gasteiger partial charge on any atom is 0.117 e. The predicted octanol–water partition coefficient (Wildman–Crippen LogP) is 1.39. The molecule has 0 bridgehead atoms. The Bertz CT molecular complexity index is 116. The maximum atomic E-state index is 8.93. The van der Waals surface area contributed by atoms with E-state index in [9.17, 15) is 0 Å². The molecule has 0 aliphatic carbocycles. The van der Waals surface area contributed by atoms with Gasteiger partial charge >= 0.3 is 0 Å². The van der Waals surface area contributed by atoms with Crippen LogP contribution in [0.4, 0.5) is 0 Å². The van der Waals surface area contributed by atoms with Crippen LogP contribution in [0.15, 0.2) is 24.5 Å². The quantitative estimate of drug-likeness (QED) is 0.445. The Labute approximate surface area is 55.1 Å². The molecule has 0 fully saturated rings. The first kappa shape index (κ1) is 8.24. The molecule has 9 heavy (non-hydrogen) atoms. The summed E-state index contributed by atoms with van der Waals surface area (Å²) in [4.78, 5) is 0. The molecule has 0 radical (unpaired) electrons. The van der Waals surface area contributed by atoms with Crippen LogP contribution in [0.25, 0.3) is 0 Å². The highest BCUT2D eigenvalue weighted by molar-refractivity contribution is 4.97. The van der Waals surface area contributed by atoms with Gasteiger partial charge in [0.2, 0.25) is 0 Å². The van der Waals surface area contributed by atoms with Gasteiger partial charge in [-0.15, -0.1) is 6.58 Å². The summed E-state index contributed by atoms with van der Waals surface area (Å²) in [5, 5.41) is 17.7. The van der Waals surface area contributed by atoms with E-state index >= 15 is 0 Å². The van der Waals surface area contributed by atoms with Gasteiger partial charge in [0.25, 0.3) is 0 Å². The Morgan fingerprint density at radius 3 is 2.67 bits per heavy atom. The SMILES string of the molecule is C=CCC(O)C(O)=CC. The van der Waals surface area contributed by atoms with Crippen molar-refractivity contribution in [3.8, 4) is 0 Å². The Kier molecular flexibility index (Phi) is 3.80. The third-order valence-corrected chi connectivity index (χ3v) is 1.03. The van der Waals surface area contributed by atoms with Gasteiger partial charge in [-0.25, -0.2) is 0 Å². The molecule has 0 aromatic heterocycles. The molecule has 1 atom stereocenters. The topological polar surface area (TPSA) is 40.5 Å². The van der Waals surface area contributed by atoms with Crippen LogP contribution in [0.3, 0.4) is 0 Å². The van der Waals surface area contributed by atoms with E-state index < -0.39 is 6.10 Å². The van der Waals surface area contributed by atoms with Gasteiger partial charge in [-0.1, -0.05) is 6.08 Å². The molecule has 0 saturated carbocycles. The molecule has 0 aromatic rings. The first-order valence-corrected chi connectivity index (χ1v) is 2.86. The molecule has 2 heteroatoms. The van der Waals surface area contributed by atoms with Crippen molar-refractivity contribution in [1.29, 1.82) is 0 Å². The molecule has 52 valence electrons. The molecule has 0 aromatic carbocycles. The molecule has 0 spiro atoms. The third kappa shape index (κ3) is 2.93. The summed E-state index contributed by atoms with van der Waals surface area (Å²) in [6.07, 6.45) is 2.65. The number of rotatable bonds is 3. The first-order chi connectivity index (χ1) is 4.22. The van der Waals surface area contributed by atoms with Crippen molar-refractivity contribution in [3.05, 3.63) is 24.5 Å². The van der Waals surface area contributed by atoms with Crippen molar-refractivity contribution in [1.82, 2.24) is 0 Å². The normalized spacial score (nSPS) is 15.1. The van der Waals surface area contributed by atoms with Crippen molar-refractivity contribution in [3.63, 3.8) is 0 Å². The molecule has 0 heterocycles. The molecule has 0 aliphatic rings. The number of allylic oxidation sites excluding steroid dienone is 1. The summed E-state index contributed by atoms with van der Waals surface area (Å²) >= 11 is 0. The van der Waals surface area contributed by atoms with Crippen LogP contribution in [0.1, 0.15) is 13.3 Å². The van der Waals surface area contributed by atoms with Crippen molar-refractivity contribution in [2.45, 2.75) is 19.4 Å². The highest BCUT2D eigenvalue weighted by Gasteiger charge is 2.03. The third-order valence-electron chi connectivity index (χ3n) is 1.03. The van der Waals surface area contributed by atoms with Crippen molar-refractivity contribution in [2.24, 2.45) is 0 Å². The Morgan fingerprint density at radius 1 is 1.78 bits per heavy atom. The predicted molar refractivity (Wildman–Crippen MR) is 37.2 cm³/mol. The van der Waals surface area contributed by atoms with Crippen LogP contribution in [0, 0.1) is 0 Å². The number of aliphatic hydroxyl groups is 2. The highest BCUT2D eigenvalue weighted by atomic mass is 16.3. The first-order valence-electron chi connectivity index (χ1n) is 2.86. The van der Waals surface area contributed by atoms with E-state index in [2.05, 4.69) is 6.58 Å². The molecular weight excluding hydrogens is 116 g/mol. The minimum atomic E-state index is -0.771. The lowest BCUT2D eigenvalue weighted by molar-refractivity contribution is 0.155. The van der Waals surface area contributed by atoms with E-state index in [0.717, 1.165) is 0 Å². The minimum Gasteiger partial charge on any atom is -0.510 e. The molecular formula is C7H12O2. The summed E-state index contributed by atoms with van der Waals surface area (Å²) in [6.45, 7) is 5.09. The molecule has 1 unspecified atom stereocenters. The van der Waals surface area contributed by atoms with Crippen molar-refractivity contribution >= 4 is 0 Å². The van der Waals surface area contributed by atoms with Gasteiger partial charge in [-0.2, -0.15) is 0 Å². The van der Waals surface area contributed by atoms with Crippen molar-refractivity contribution in [2.75, 3.05) is 0 Å². The summed E-state index contributed by atoms with van der Waals surface area (Å²) in [7, 11) is 0. The second-order valence-electron chi connectivity index (χ2n) is 1.75. The van der Waals surface area contributed by atoms with Crippen LogP contribution < -0.4 is 0 Å². The van der Waals surface area contributed by atoms with Gasteiger partial charge in [-0.3, -0.25) is 0 Å². The van der Waals surface area contributed by atoms with Crippen LogP contribution in [0.5, 0.6) is 0 Å². The molecule has 0 amide bonds. The van der Waals surface area contributed by atoms with Gasteiger partial charge < -0.3 is 10.2 Å². The monoisotopic (exact) mass is 128 g/mol. The largest absolute Gasteiger partial charge is 0.510 e. The summed E-state index contributed by atoms with van der Waals surface area (Å²) in [5.41, 5.74) is 0. The van der Waals surface area contributed by atoms with Crippen LogP contribution in [-0.2, 0) is 0 Å². The number of hydrogen-bond donors (Lipinski definition) is 2. The summed E-state index contributed by atoms with van der Waals surface area (Å²) in [6, 6.07) is 0. The lowest BCUT2D eigenvalue weighted by atomic mass is 10.2. The Morgan fingerprint density at radius 2 is 2.33 bits per heavy atom. The maximum absolute atomic E-state index is 8.93. The standard InChI is InChI=1S/C7H12O2/c1-3-5-7(9)6(8)4-2/h3-4,7-9H,1,5H2,2H3. The zero-order valence-electron chi connectivity index (χ0n) is 5.54. The van der Waals surface area contributed by atoms with E-state index in [-0.39, 0.29) is 5.76 Å². The fourth-order valence-electron chi connectivity index (χ4n) is 0.471. The molecule has 2 nitrogen and oxygen atoms in total. The van der Waals surface area contributed by atoms with E-state index in [1.54, 1.807) is 13.0 Å². The lowest BCUT2D eigenvalue weighted by Crippen LogP contribution is -2.07. The van der Waals surface area contributed by atoms with E-state index in [4.69, 9.17) is 10.2 Å². The smallest absolute Gasteiger partial charge is 0.117 e. The molecule has 0 aliphatic heterocycles. The summed E-state index contributed by atoms with van der Waals surface area (Å²) in [5.74, 6) is 0.00917. The Hall–Kier alpha value is -0.760. The van der Waals surface area contributed by atoms with Crippen molar-refractivity contribution < 1.29 is 10.2 Å². The lowest BCUT2D eigenvalue weighted by Gasteiger charge is -2.04. The van der Waals surface area contributed by atoms with Crippen LogP contribution >= 0.6 is 0 Å². The van der Waals surface area contributed by atoms with E-state index in [1.165, 1.54) is 6.08 Å². The van der Waals surface area contributed by atoms with Gasteiger partial charge in [0, 0.05) is 0 Å². The second kappa shape index (κ2) is 4.15. The van der Waals surface area contributed by atoms with Gasteiger partial charge in [0.05, 0.1) is 0 Å². The van der Waals surface area contributed by atoms with Crippen LogP contribution in [-0.4, -0.2) is 16.3 Å². The van der Waals surface area contributed by atoms with Crippen LogP contribution in [0.2, 0.25) is 0 Å². The molecule has 0 rings (SSSR count). The van der Waals surface area contributed by atoms with E-state index in [0.29, 0.717) is 6.42 Å². The average molecular weight is 128 g/mol. The second-order valence-corrected chi connectivity index (χ2v) is 1.75. The average Bonchev–Trinajstić information content (AvgIpc) is 1.87. The number of hydrogen-bond acceptors (Lipinski definition) is 2. The fourth-order valence-corrected chi connectivity index (χ4v) is 0.471.